The first kappa shape index (κ1) is 37.4. The van der Waals surface area contributed by atoms with Gasteiger partial charge in [0.15, 0.2) is 0 Å². The fourth-order valence-corrected chi connectivity index (χ4v) is 10.8. The first-order valence-electron chi connectivity index (χ1n) is 22.6. The molecule has 0 unspecified atom stereocenters. The van der Waals surface area contributed by atoms with E-state index in [1.54, 1.807) is 0 Å². The van der Waals surface area contributed by atoms with Gasteiger partial charge >= 0.3 is 0 Å². The van der Waals surface area contributed by atoms with Gasteiger partial charge in [-0.1, -0.05) is 178 Å². The third kappa shape index (κ3) is 5.88. The molecule has 13 rings (SSSR count). The number of nitrogens with zero attached hydrogens (tertiary/aromatic N) is 1. The zero-order chi connectivity index (χ0) is 43.2. The third-order valence-corrected chi connectivity index (χ3v) is 14.1. The van der Waals surface area contributed by atoms with Crippen LogP contribution in [0.4, 0.5) is 17.1 Å². The van der Waals surface area contributed by atoms with Crippen LogP contribution in [0, 0.1) is 0 Å². The van der Waals surface area contributed by atoms with Crippen LogP contribution < -0.4 is 4.90 Å². The van der Waals surface area contributed by atoms with Gasteiger partial charge in [0.1, 0.15) is 11.2 Å². The highest BCUT2D eigenvalue weighted by Crippen LogP contribution is 2.51. The van der Waals surface area contributed by atoms with Crippen LogP contribution in [0.5, 0.6) is 0 Å². The quantitative estimate of drug-likeness (QED) is 0.155. The molecule has 1 aliphatic rings. The number of rotatable bonds is 6. The summed E-state index contributed by atoms with van der Waals surface area (Å²) in [6.45, 7) is 4.74. The lowest BCUT2D eigenvalue weighted by Crippen LogP contribution is -2.14. The van der Waals surface area contributed by atoms with E-state index in [9.17, 15) is 0 Å². The molecule has 2 nitrogen and oxygen atoms in total. The summed E-state index contributed by atoms with van der Waals surface area (Å²) in [5, 5.41) is 10.0. The smallest absolute Gasteiger partial charge is 0.143 e. The van der Waals surface area contributed by atoms with E-state index >= 15 is 0 Å². The average molecular weight is 830 g/mol. The Labute approximate surface area is 378 Å². The second kappa shape index (κ2) is 14.4. The molecule has 0 atom stereocenters. The predicted octanol–water partition coefficient (Wildman–Crippen LogP) is 17.8. The molecule has 0 fully saturated rings. The van der Waals surface area contributed by atoms with E-state index in [1.807, 2.05) is 12.1 Å². The van der Waals surface area contributed by atoms with Gasteiger partial charge < -0.3 is 9.32 Å². The fraction of sp³-hybridized carbons (Fsp3) is 0.0476. The van der Waals surface area contributed by atoms with Gasteiger partial charge in [-0.05, 0) is 143 Å². The van der Waals surface area contributed by atoms with Crippen LogP contribution in [0.25, 0.3) is 98.8 Å². The summed E-state index contributed by atoms with van der Waals surface area (Å²) >= 11 is 0. The van der Waals surface area contributed by atoms with Crippen molar-refractivity contribution in [1.29, 1.82) is 0 Å². The Kier molecular flexibility index (Phi) is 8.29. The minimum absolute atomic E-state index is 0.0657. The molecule has 0 saturated carbocycles. The molecule has 11 aromatic carbocycles. The van der Waals surface area contributed by atoms with Crippen molar-refractivity contribution >= 4 is 71.3 Å². The first-order valence-corrected chi connectivity index (χ1v) is 22.6. The van der Waals surface area contributed by atoms with Crippen LogP contribution in [0.3, 0.4) is 0 Å². The number of hydrogen-bond acceptors (Lipinski definition) is 2. The maximum absolute atomic E-state index is 6.44. The van der Waals surface area contributed by atoms with Crippen molar-refractivity contribution in [3.8, 4) is 44.5 Å². The van der Waals surface area contributed by atoms with Crippen molar-refractivity contribution in [3.05, 3.63) is 236 Å². The Hall–Kier alpha value is -8.20. The zero-order valence-electron chi connectivity index (χ0n) is 36.2. The number of benzene rings is 11. The summed E-state index contributed by atoms with van der Waals surface area (Å²) < 4.78 is 6.44. The summed E-state index contributed by atoms with van der Waals surface area (Å²) in [5.41, 5.74) is 17.5. The van der Waals surface area contributed by atoms with Crippen LogP contribution in [-0.4, -0.2) is 0 Å². The molecule has 1 aromatic heterocycles. The Balaban J connectivity index is 0.901. The minimum atomic E-state index is -0.0657. The second-order valence-corrected chi connectivity index (χ2v) is 18.0. The van der Waals surface area contributed by atoms with Crippen LogP contribution in [0.15, 0.2) is 229 Å². The summed E-state index contributed by atoms with van der Waals surface area (Å²) in [6, 6.07) is 82.0. The van der Waals surface area contributed by atoms with Gasteiger partial charge in [0, 0.05) is 38.8 Å². The van der Waals surface area contributed by atoms with E-state index in [4.69, 9.17) is 4.42 Å². The number of para-hydroxylation sites is 2. The average Bonchev–Trinajstić information content (AvgIpc) is 3.86. The van der Waals surface area contributed by atoms with E-state index in [1.165, 1.54) is 76.8 Å². The van der Waals surface area contributed by atoms with Gasteiger partial charge in [-0.15, -0.1) is 0 Å². The summed E-state index contributed by atoms with van der Waals surface area (Å²) in [5.74, 6) is 0. The number of anilines is 3. The normalized spacial score (nSPS) is 12.9. The molecular formula is C63H43NO. The van der Waals surface area contributed by atoms with Crippen molar-refractivity contribution in [1.82, 2.24) is 0 Å². The lowest BCUT2D eigenvalue weighted by Gasteiger charge is -2.26. The maximum atomic E-state index is 6.44. The molecule has 12 aromatic rings. The molecule has 0 aliphatic heterocycles. The monoisotopic (exact) mass is 829 g/mol. The van der Waals surface area contributed by atoms with E-state index in [0.717, 1.165) is 50.1 Å². The highest BCUT2D eigenvalue weighted by atomic mass is 16.3. The number of furan rings is 1. The van der Waals surface area contributed by atoms with Crippen molar-refractivity contribution < 1.29 is 4.42 Å². The summed E-state index contributed by atoms with van der Waals surface area (Å²) in [4.78, 5) is 2.35. The van der Waals surface area contributed by atoms with Gasteiger partial charge in [-0.25, -0.2) is 0 Å². The molecule has 0 N–H and O–H groups in total. The molecule has 1 aliphatic carbocycles. The fourth-order valence-electron chi connectivity index (χ4n) is 10.8. The molecule has 306 valence electrons. The molecule has 0 saturated heterocycles. The van der Waals surface area contributed by atoms with E-state index in [0.29, 0.717) is 0 Å². The maximum Gasteiger partial charge on any atom is 0.143 e. The highest BCUT2D eigenvalue weighted by molar-refractivity contribution is 6.26. The molecule has 2 heteroatoms. The van der Waals surface area contributed by atoms with Crippen LogP contribution in [-0.2, 0) is 5.41 Å². The Bertz CT molecular complexity index is 3820. The largest absolute Gasteiger partial charge is 0.455 e. The topological polar surface area (TPSA) is 16.4 Å². The molecule has 0 radical (unpaired) electrons. The highest BCUT2D eigenvalue weighted by Gasteiger charge is 2.35. The van der Waals surface area contributed by atoms with Crippen molar-refractivity contribution in [2.45, 2.75) is 19.3 Å². The van der Waals surface area contributed by atoms with Gasteiger partial charge in [0.2, 0.25) is 0 Å². The SMILES string of the molecule is CC1(C)c2ccccc2-c2cc3c4ccccc4c4cc(-c5ccc(N(c6ccc(-c7ccccc7)cc6)c6ccc(-c7cccc8c7oc7ccccc78)cc6)cc5)ccc4c3cc21. The van der Waals surface area contributed by atoms with Crippen LogP contribution in [0.1, 0.15) is 25.0 Å². The Morgan fingerprint density at radius 3 is 1.51 bits per heavy atom. The van der Waals surface area contributed by atoms with Gasteiger partial charge in [0.25, 0.3) is 0 Å². The number of hydrogen-bond donors (Lipinski definition) is 0. The molecule has 0 bridgehead atoms. The predicted molar refractivity (Wildman–Crippen MR) is 275 cm³/mol. The van der Waals surface area contributed by atoms with Crippen molar-refractivity contribution in [3.63, 3.8) is 0 Å². The summed E-state index contributed by atoms with van der Waals surface area (Å²) in [6.07, 6.45) is 0. The standard InChI is InChI=1S/C63H43NO/c1-63(2)59-21-10-8-17-52(59)58-38-56-50-16-7-6-15-49(50)55-37-44(29-36-51(55)57(56)39-60(58)63)42-25-32-46(33-26-42)64(45-30-23-41(24-31-45)40-13-4-3-5-14-40)47-34-27-43(28-35-47)48-19-12-20-54-53-18-9-11-22-61(53)65-62(48)54/h3-39H,1-2H3. The van der Waals surface area contributed by atoms with E-state index in [-0.39, 0.29) is 5.41 Å². The molecule has 1 heterocycles. The van der Waals surface area contributed by atoms with E-state index < -0.39 is 0 Å². The first-order chi connectivity index (χ1) is 32.0. The third-order valence-electron chi connectivity index (χ3n) is 14.1. The van der Waals surface area contributed by atoms with E-state index in [2.05, 4.69) is 231 Å². The minimum Gasteiger partial charge on any atom is -0.455 e. The zero-order valence-corrected chi connectivity index (χ0v) is 36.2. The molecule has 0 amide bonds. The van der Waals surface area contributed by atoms with Crippen LogP contribution in [0.2, 0.25) is 0 Å². The van der Waals surface area contributed by atoms with Crippen LogP contribution >= 0.6 is 0 Å². The van der Waals surface area contributed by atoms with Gasteiger partial charge in [0.05, 0.1) is 0 Å². The molecule has 0 spiro atoms. The Morgan fingerprint density at radius 2 is 0.800 bits per heavy atom. The number of fused-ring (bicyclic) bond motifs is 12. The lowest BCUT2D eigenvalue weighted by atomic mass is 9.81. The molecular weight excluding hydrogens is 787 g/mol. The van der Waals surface area contributed by atoms with Crippen molar-refractivity contribution in [2.24, 2.45) is 0 Å². The lowest BCUT2D eigenvalue weighted by molar-refractivity contribution is 0.661. The molecule has 65 heavy (non-hydrogen) atoms. The van der Waals surface area contributed by atoms with Gasteiger partial charge in [-0.3, -0.25) is 0 Å². The second-order valence-electron chi connectivity index (χ2n) is 18.0. The summed E-state index contributed by atoms with van der Waals surface area (Å²) in [7, 11) is 0. The van der Waals surface area contributed by atoms with Crippen molar-refractivity contribution in [2.75, 3.05) is 4.90 Å². The van der Waals surface area contributed by atoms with Gasteiger partial charge in [-0.2, -0.15) is 0 Å². The Morgan fingerprint density at radius 1 is 0.308 bits per heavy atom.